The van der Waals surface area contributed by atoms with Crippen molar-refractivity contribution in [2.24, 2.45) is 0 Å². The van der Waals surface area contributed by atoms with Crippen molar-refractivity contribution in [3.8, 4) is 33.9 Å². The van der Waals surface area contributed by atoms with Crippen LogP contribution < -0.4 is 0 Å². The van der Waals surface area contributed by atoms with Crippen molar-refractivity contribution in [3.05, 3.63) is 70.8 Å². The third-order valence-electron chi connectivity index (χ3n) is 5.91. The maximum atomic E-state index is 4.55. The highest BCUT2D eigenvalue weighted by atomic mass is 15.0. The smallest absolute Gasteiger partial charge is 0.163 e. The molecule has 2 heterocycles. The normalized spacial score (nSPS) is 12.5. The van der Waals surface area contributed by atoms with Crippen LogP contribution in [0.1, 0.15) is 76.0 Å². The largest absolute Gasteiger partial charge is 0.219 e. The maximum Gasteiger partial charge on any atom is 0.163 e. The second kappa shape index (κ2) is 10.4. The fourth-order valence-corrected chi connectivity index (χ4v) is 4.51. The molecule has 6 heteroatoms. The highest BCUT2D eigenvalue weighted by Gasteiger charge is 2.36. The number of aromatic nitrogens is 6. The summed E-state index contributed by atoms with van der Waals surface area (Å²) in [7, 11) is 0. The number of fused-ring (bicyclic) bond motifs is 3. The van der Waals surface area contributed by atoms with E-state index in [0.29, 0.717) is 0 Å². The molecule has 0 amide bonds. The van der Waals surface area contributed by atoms with E-state index in [1.54, 1.807) is 0 Å². The van der Waals surface area contributed by atoms with Crippen LogP contribution >= 0.6 is 0 Å². The molecule has 0 bridgehead atoms. The zero-order chi connectivity index (χ0) is 25.9. The Morgan fingerprint density at radius 1 is 0.486 bits per heavy atom. The molecule has 4 aromatic rings. The van der Waals surface area contributed by atoms with Gasteiger partial charge < -0.3 is 0 Å². The Balaban J connectivity index is 0.000000815. The quantitative estimate of drug-likeness (QED) is 0.316. The van der Waals surface area contributed by atoms with Crippen molar-refractivity contribution in [3.63, 3.8) is 0 Å². The maximum absolute atomic E-state index is 4.55. The first-order valence-electron chi connectivity index (χ1n) is 12.4. The fourth-order valence-electron chi connectivity index (χ4n) is 4.51. The van der Waals surface area contributed by atoms with Gasteiger partial charge in [0.25, 0.3) is 0 Å². The lowest BCUT2D eigenvalue weighted by Gasteiger charge is -2.22. The highest BCUT2D eigenvalue weighted by Crippen LogP contribution is 2.50. The first-order chi connectivity index (χ1) is 16.7. The summed E-state index contributed by atoms with van der Waals surface area (Å²) in [6, 6.07) is 13.0. The number of rotatable bonds is 2. The van der Waals surface area contributed by atoms with Crippen LogP contribution in [0.15, 0.2) is 36.4 Å². The molecule has 0 fully saturated rings. The Hall–Kier alpha value is -3.54. The molecule has 0 aliphatic heterocycles. The summed E-state index contributed by atoms with van der Waals surface area (Å²) in [5.41, 5.74) is 6.91. The van der Waals surface area contributed by atoms with Gasteiger partial charge in [0.15, 0.2) is 11.6 Å². The van der Waals surface area contributed by atoms with Crippen molar-refractivity contribution < 1.29 is 0 Å². The molecule has 0 radical (unpaired) electrons. The predicted molar refractivity (Wildman–Crippen MR) is 143 cm³/mol. The second-order valence-electron chi connectivity index (χ2n) is 8.65. The number of aryl methyl sites for hydroxylation is 4. The van der Waals surface area contributed by atoms with Gasteiger partial charge in [-0.15, -0.1) is 0 Å². The van der Waals surface area contributed by atoms with Crippen molar-refractivity contribution in [2.75, 3.05) is 0 Å². The summed E-state index contributed by atoms with van der Waals surface area (Å²) in [6.07, 6.45) is 0. The molecule has 6 nitrogen and oxygen atoms in total. The van der Waals surface area contributed by atoms with Gasteiger partial charge >= 0.3 is 0 Å². The van der Waals surface area contributed by atoms with E-state index >= 15 is 0 Å². The molecule has 35 heavy (non-hydrogen) atoms. The van der Waals surface area contributed by atoms with Crippen LogP contribution in [-0.4, -0.2) is 29.9 Å². The van der Waals surface area contributed by atoms with Crippen LogP contribution in [0.2, 0.25) is 0 Å². The lowest BCUT2D eigenvalue weighted by atomic mass is 9.81. The van der Waals surface area contributed by atoms with Crippen molar-refractivity contribution in [2.45, 2.75) is 74.7 Å². The first kappa shape index (κ1) is 26.1. The molecular formula is C29H36N6. The van der Waals surface area contributed by atoms with Gasteiger partial charge in [-0.1, -0.05) is 65.8 Å². The molecule has 0 unspecified atom stereocenters. The van der Waals surface area contributed by atoms with Gasteiger partial charge in [0.05, 0.1) is 0 Å². The number of hydrogen-bond donors (Lipinski definition) is 0. The summed E-state index contributed by atoms with van der Waals surface area (Å²) in [5.74, 6) is 4.38. The van der Waals surface area contributed by atoms with Crippen LogP contribution in [0.5, 0.6) is 0 Å². The molecular weight excluding hydrogens is 432 g/mol. The Morgan fingerprint density at radius 2 is 0.800 bits per heavy atom. The van der Waals surface area contributed by atoms with Gasteiger partial charge in [0.1, 0.15) is 23.3 Å². The molecule has 2 aromatic heterocycles. The molecule has 0 saturated carbocycles. The molecule has 0 saturated heterocycles. The van der Waals surface area contributed by atoms with E-state index in [1.807, 2.05) is 55.4 Å². The van der Waals surface area contributed by atoms with Crippen LogP contribution in [0.3, 0.4) is 0 Å². The zero-order valence-corrected chi connectivity index (χ0v) is 22.6. The van der Waals surface area contributed by atoms with E-state index in [-0.39, 0.29) is 5.41 Å². The molecule has 0 atom stereocenters. The summed E-state index contributed by atoms with van der Waals surface area (Å²) in [5, 5.41) is 0. The second-order valence-corrected chi connectivity index (χ2v) is 8.65. The molecule has 1 aliphatic carbocycles. The van der Waals surface area contributed by atoms with E-state index in [0.717, 1.165) is 46.1 Å². The van der Waals surface area contributed by atoms with Gasteiger partial charge in [-0.3, -0.25) is 0 Å². The topological polar surface area (TPSA) is 77.3 Å². The van der Waals surface area contributed by atoms with E-state index in [2.05, 4.69) is 80.1 Å². The average Bonchev–Trinajstić information content (AvgIpc) is 3.06. The van der Waals surface area contributed by atoms with Gasteiger partial charge in [-0.25, -0.2) is 29.9 Å². The Kier molecular flexibility index (Phi) is 7.73. The summed E-state index contributed by atoms with van der Waals surface area (Å²) < 4.78 is 0. The molecule has 5 rings (SSSR count). The van der Waals surface area contributed by atoms with Crippen molar-refractivity contribution in [1.82, 2.24) is 29.9 Å². The molecule has 1 aliphatic rings. The summed E-state index contributed by atoms with van der Waals surface area (Å²) in [6.45, 7) is 20.1. The van der Waals surface area contributed by atoms with Gasteiger partial charge in [-0.05, 0) is 62.1 Å². The van der Waals surface area contributed by atoms with E-state index in [1.165, 1.54) is 22.3 Å². The average molecular weight is 469 g/mol. The van der Waals surface area contributed by atoms with Gasteiger partial charge in [-0.2, -0.15) is 0 Å². The SMILES string of the molecule is CC.CC.Cc1nc(C)nc(-c2ccc3c(c2)C(C)(C)c2cc(-c4nc(C)nc(C)n4)ccc2-3)n1. The molecule has 182 valence electrons. The number of nitrogens with zero attached hydrogens (tertiary/aromatic N) is 6. The minimum Gasteiger partial charge on any atom is -0.219 e. The molecule has 0 spiro atoms. The van der Waals surface area contributed by atoms with Crippen molar-refractivity contribution >= 4 is 0 Å². The van der Waals surface area contributed by atoms with Crippen LogP contribution in [0.25, 0.3) is 33.9 Å². The van der Waals surface area contributed by atoms with Gasteiger partial charge in [0, 0.05) is 16.5 Å². The summed E-state index contributed by atoms with van der Waals surface area (Å²) in [4.78, 5) is 26.8. The van der Waals surface area contributed by atoms with E-state index < -0.39 is 0 Å². The first-order valence-corrected chi connectivity index (χ1v) is 12.4. The third-order valence-corrected chi connectivity index (χ3v) is 5.91. The lowest BCUT2D eigenvalue weighted by Crippen LogP contribution is -2.15. The van der Waals surface area contributed by atoms with Gasteiger partial charge in [0.2, 0.25) is 0 Å². The van der Waals surface area contributed by atoms with Crippen molar-refractivity contribution in [1.29, 1.82) is 0 Å². The number of benzene rings is 2. The van der Waals surface area contributed by atoms with E-state index in [9.17, 15) is 0 Å². The molecule has 0 N–H and O–H groups in total. The third kappa shape index (κ3) is 4.97. The van der Waals surface area contributed by atoms with Crippen LogP contribution in [0.4, 0.5) is 0 Å². The van der Waals surface area contributed by atoms with E-state index in [4.69, 9.17) is 0 Å². The Labute approximate surface area is 209 Å². The lowest BCUT2D eigenvalue weighted by molar-refractivity contribution is 0.660. The summed E-state index contributed by atoms with van der Waals surface area (Å²) >= 11 is 0. The Bertz CT molecular complexity index is 1210. The minimum absolute atomic E-state index is 0.162. The number of hydrogen-bond acceptors (Lipinski definition) is 6. The minimum atomic E-state index is -0.162. The highest BCUT2D eigenvalue weighted by molar-refractivity contribution is 5.84. The van der Waals surface area contributed by atoms with Crippen LogP contribution in [0, 0.1) is 27.7 Å². The monoisotopic (exact) mass is 468 g/mol. The molecule has 2 aromatic carbocycles. The van der Waals surface area contributed by atoms with Crippen LogP contribution in [-0.2, 0) is 5.41 Å². The fraction of sp³-hybridized carbons (Fsp3) is 0.379. The Morgan fingerprint density at radius 3 is 1.11 bits per heavy atom. The zero-order valence-electron chi connectivity index (χ0n) is 22.6. The standard InChI is InChI=1S/C25H24N6.2C2H6/c1-13-26-14(2)29-23(28-13)17-7-9-19-20-10-8-18(24-30-15(3)27-16(4)31-24)12-22(20)25(5,6)21(19)11-17;2*1-2/h7-12H,1-6H3;2*1-2H3. The predicted octanol–water partition coefficient (Wildman–Crippen LogP) is 6.98.